The van der Waals surface area contributed by atoms with Crippen molar-refractivity contribution in [1.29, 1.82) is 0 Å². The molecule has 0 aliphatic carbocycles. The molecule has 1 aromatic heterocycles. The summed E-state index contributed by atoms with van der Waals surface area (Å²) in [6, 6.07) is 12.9. The van der Waals surface area contributed by atoms with Crippen molar-refractivity contribution in [2.24, 2.45) is 0 Å². The molecule has 0 atom stereocenters. The molecule has 6 heteroatoms. The zero-order chi connectivity index (χ0) is 16.0. The van der Waals surface area contributed by atoms with Gasteiger partial charge in [-0.05, 0) is 42.5 Å². The molecule has 0 spiro atoms. The maximum atomic E-state index is 12.4. The van der Waals surface area contributed by atoms with Crippen LogP contribution in [0.25, 0.3) is 16.7 Å². The van der Waals surface area contributed by atoms with Crippen molar-refractivity contribution in [2.75, 3.05) is 13.1 Å². The molecule has 5 nitrogen and oxygen atoms in total. The minimum Gasteiger partial charge on any atom is -0.389 e. The molecular formula is C17H14ClN3O2. The molecule has 1 aliphatic rings. The van der Waals surface area contributed by atoms with E-state index in [0.717, 1.165) is 16.7 Å². The van der Waals surface area contributed by atoms with E-state index in [1.807, 2.05) is 41.0 Å². The summed E-state index contributed by atoms with van der Waals surface area (Å²) in [5.41, 5.74) is 3.21. The Morgan fingerprint density at radius 1 is 1.17 bits per heavy atom. The lowest BCUT2D eigenvalue weighted by Gasteiger charge is -2.35. The molecule has 3 aromatic rings. The molecule has 2 aromatic carbocycles. The number of β-amino-alcohol motifs (C(OH)–C–C–N with tert-alkyl or cyclic N) is 1. The molecule has 2 heterocycles. The maximum Gasteiger partial charge on any atom is 0.254 e. The Kier molecular flexibility index (Phi) is 3.32. The molecule has 0 unspecified atom stereocenters. The predicted octanol–water partition coefficient (Wildman–Crippen LogP) is 2.50. The fourth-order valence-electron chi connectivity index (χ4n) is 2.75. The minimum absolute atomic E-state index is 0.0685. The van der Waals surface area contributed by atoms with E-state index >= 15 is 0 Å². The summed E-state index contributed by atoms with van der Waals surface area (Å²) in [5.74, 6) is -0.0685. The number of carbonyl (C=O) groups is 1. The second kappa shape index (κ2) is 5.37. The van der Waals surface area contributed by atoms with Gasteiger partial charge in [-0.2, -0.15) is 0 Å². The van der Waals surface area contributed by atoms with Gasteiger partial charge in [-0.3, -0.25) is 9.36 Å². The predicted molar refractivity (Wildman–Crippen MR) is 88.0 cm³/mol. The SMILES string of the molecule is O=C(c1ccc2ncn(-c3ccc(Cl)cc3)c2c1)N1CC(O)C1. The third kappa shape index (κ3) is 2.48. The molecule has 0 radical (unpaired) electrons. The summed E-state index contributed by atoms with van der Waals surface area (Å²) in [6.07, 6.45) is 1.33. The van der Waals surface area contributed by atoms with Gasteiger partial charge in [-0.15, -0.1) is 0 Å². The zero-order valence-corrected chi connectivity index (χ0v) is 12.9. The van der Waals surface area contributed by atoms with E-state index in [1.54, 1.807) is 17.3 Å². The Morgan fingerprint density at radius 3 is 2.61 bits per heavy atom. The van der Waals surface area contributed by atoms with Crippen molar-refractivity contribution in [3.05, 3.63) is 59.4 Å². The second-order valence-corrected chi connectivity index (χ2v) is 6.09. The van der Waals surface area contributed by atoms with E-state index in [0.29, 0.717) is 23.7 Å². The van der Waals surface area contributed by atoms with Crippen LogP contribution in [0.5, 0.6) is 0 Å². The second-order valence-electron chi connectivity index (χ2n) is 5.66. The summed E-state index contributed by atoms with van der Waals surface area (Å²) in [5, 5.41) is 10.0. The largest absolute Gasteiger partial charge is 0.389 e. The first kappa shape index (κ1) is 14.2. The fraction of sp³-hybridized carbons (Fsp3) is 0.176. The van der Waals surface area contributed by atoms with Gasteiger partial charge in [0.05, 0.1) is 17.1 Å². The molecule has 0 saturated carbocycles. The van der Waals surface area contributed by atoms with Crippen LogP contribution in [0.1, 0.15) is 10.4 Å². The number of fused-ring (bicyclic) bond motifs is 1. The highest BCUT2D eigenvalue weighted by molar-refractivity contribution is 6.30. The maximum absolute atomic E-state index is 12.4. The fourth-order valence-corrected chi connectivity index (χ4v) is 2.88. The number of nitrogens with zero attached hydrogens (tertiary/aromatic N) is 3. The first-order valence-corrected chi connectivity index (χ1v) is 7.70. The van der Waals surface area contributed by atoms with Crippen molar-refractivity contribution < 1.29 is 9.90 Å². The van der Waals surface area contributed by atoms with Gasteiger partial charge >= 0.3 is 0 Å². The third-order valence-corrected chi connectivity index (χ3v) is 4.30. The molecule has 1 amide bonds. The number of halogens is 1. The third-order valence-electron chi connectivity index (χ3n) is 4.05. The summed E-state index contributed by atoms with van der Waals surface area (Å²) < 4.78 is 1.92. The van der Waals surface area contributed by atoms with Gasteiger partial charge in [0.2, 0.25) is 0 Å². The summed E-state index contributed by atoms with van der Waals surface area (Å²) >= 11 is 5.93. The number of benzene rings is 2. The van der Waals surface area contributed by atoms with Gasteiger partial charge in [-0.1, -0.05) is 11.6 Å². The lowest BCUT2D eigenvalue weighted by Crippen LogP contribution is -2.53. The van der Waals surface area contributed by atoms with Crippen molar-refractivity contribution in [3.63, 3.8) is 0 Å². The first-order valence-electron chi connectivity index (χ1n) is 7.32. The Labute approximate surface area is 137 Å². The van der Waals surface area contributed by atoms with Crippen molar-refractivity contribution >= 4 is 28.5 Å². The summed E-state index contributed by atoms with van der Waals surface area (Å²) in [6.45, 7) is 0.792. The van der Waals surface area contributed by atoms with E-state index in [1.165, 1.54) is 0 Å². The van der Waals surface area contributed by atoms with E-state index in [-0.39, 0.29) is 5.91 Å². The number of carbonyl (C=O) groups excluding carboxylic acids is 1. The highest BCUT2D eigenvalue weighted by Gasteiger charge is 2.29. The van der Waals surface area contributed by atoms with Crippen LogP contribution >= 0.6 is 11.6 Å². The van der Waals surface area contributed by atoms with Crippen LogP contribution < -0.4 is 0 Å². The molecule has 1 N–H and O–H groups in total. The molecule has 116 valence electrons. The van der Waals surface area contributed by atoms with Gasteiger partial charge in [0.15, 0.2) is 0 Å². The van der Waals surface area contributed by atoms with Gasteiger partial charge in [-0.25, -0.2) is 4.98 Å². The van der Waals surface area contributed by atoms with Crippen LogP contribution in [0.15, 0.2) is 48.8 Å². The first-order chi connectivity index (χ1) is 11.1. The molecule has 1 fully saturated rings. The number of imidazole rings is 1. The van der Waals surface area contributed by atoms with Crippen LogP contribution in [0, 0.1) is 0 Å². The van der Waals surface area contributed by atoms with E-state index in [2.05, 4.69) is 4.98 Å². The smallest absolute Gasteiger partial charge is 0.254 e. The number of aliphatic hydroxyl groups is 1. The van der Waals surface area contributed by atoms with Crippen LogP contribution in [0.3, 0.4) is 0 Å². The Bertz CT molecular complexity index is 882. The molecule has 23 heavy (non-hydrogen) atoms. The molecule has 0 bridgehead atoms. The number of rotatable bonds is 2. The number of aromatic nitrogens is 2. The van der Waals surface area contributed by atoms with Crippen molar-refractivity contribution in [2.45, 2.75) is 6.10 Å². The monoisotopic (exact) mass is 327 g/mol. The lowest BCUT2D eigenvalue weighted by atomic mass is 10.1. The Morgan fingerprint density at radius 2 is 1.91 bits per heavy atom. The average molecular weight is 328 g/mol. The number of likely N-dealkylation sites (tertiary alicyclic amines) is 1. The van der Waals surface area contributed by atoms with Crippen LogP contribution in [0.4, 0.5) is 0 Å². The summed E-state index contributed by atoms with van der Waals surface area (Å²) in [4.78, 5) is 18.4. The summed E-state index contributed by atoms with van der Waals surface area (Å²) in [7, 11) is 0. The van der Waals surface area contributed by atoms with E-state index < -0.39 is 6.10 Å². The van der Waals surface area contributed by atoms with Crippen molar-refractivity contribution in [3.8, 4) is 5.69 Å². The van der Waals surface area contributed by atoms with E-state index in [4.69, 9.17) is 11.6 Å². The Hall–Kier alpha value is -2.37. The normalized spacial score (nSPS) is 15.0. The highest BCUT2D eigenvalue weighted by atomic mass is 35.5. The zero-order valence-electron chi connectivity index (χ0n) is 12.2. The average Bonchev–Trinajstić information content (AvgIpc) is 2.95. The minimum atomic E-state index is -0.401. The lowest BCUT2D eigenvalue weighted by molar-refractivity contribution is 0.00590. The number of hydrogen-bond acceptors (Lipinski definition) is 3. The molecule has 1 aliphatic heterocycles. The van der Waals surface area contributed by atoms with Crippen molar-refractivity contribution in [1.82, 2.24) is 14.5 Å². The molecular weight excluding hydrogens is 314 g/mol. The number of hydrogen-bond donors (Lipinski definition) is 1. The van der Waals surface area contributed by atoms with Crippen LogP contribution in [-0.4, -0.2) is 44.7 Å². The molecule has 1 saturated heterocycles. The quantitative estimate of drug-likeness (QED) is 0.786. The molecule has 4 rings (SSSR count). The van der Waals surface area contributed by atoms with Gasteiger partial charge in [0.1, 0.15) is 6.33 Å². The van der Waals surface area contributed by atoms with Gasteiger partial charge in [0, 0.05) is 29.4 Å². The van der Waals surface area contributed by atoms with Crippen LogP contribution in [-0.2, 0) is 0 Å². The highest BCUT2D eigenvalue weighted by Crippen LogP contribution is 2.22. The Balaban J connectivity index is 1.74. The number of amides is 1. The van der Waals surface area contributed by atoms with E-state index in [9.17, 15) is 9.90 Å². The van der Waals surface area contributed by atoms with Gasteiger partial charge < -0.3 is 10.0 Å². The van der Waals surface area contributed by atoms with Crippen LogP contribution in [0.2, 0.25) is 5.02 Å². The van der Waals surface area contributed by atoms with Gasteiger partial charge in [0.25, 0.3) is 5.91 Å². The standard InChI is InChI=1S/C17H14ClN3O2/c18-12-2-4-13(5-3-12)21-10-19-15-6-1-11(7-16(15)21)17(23)20-8-14(22)9-20/h1-7,10,14,22H,8-9H2. The topological polar surface area (TPSA) is 58.4 Å². The number of aliphatic hydroxyl groups excluding tert-OH is 1.